The Morgan fingerprint density at radius 1 is 0.968 bits per heavy atom. The van der Waals surface area contributed by atoms with E-state index in [1.54, 1.807) is 16.8 Å². The van der Waals surface area contributed by atoms with Crippen LogP contribution >= 0.6 is 23.2 Å². The number of nitrogens with zero attached hydrogens (tertiary/aromatic N) is 4. The molecule has 8 heteroatoms. The van der Waals surface area contributed by atoms with Gasteiger partial charge in [0.2, 0.25) is 5.91 Å². The van der Waals surface area contributed by atoms with Crippen molar-refractivity contribution in [2.45, 2.75) is 13.5 Å². The molecule has 0 radical (unpaired) electrons. The SMILES string of the molecule is Cc1nn(-c2ccccc2)c(Cl)c1CN1CCN(CC(=O)Nc2ccccc2Cl)CC1. The van der Waals surface area contributed by atoms with Gasteiger partial charge in [-0.25, -0.2) is 4.68 Å². The standard InChI is InChI=1S/C23H25Cl2N5O/c1-17-19(23(25)30(27-17)18-7-3-2-4-8-18)15-28-11-13-29(14-12-28)16-22(31)26-21-10-6-5-9-20(21)24/h2-10H,11-16H2,1H3,(H,26,31). The summed E-state index contributed by atoms with van der Waals surface area (Å²) in [6.07, 6.45) is 0. The van der Waals surface area contributed by atoms with Crippen LogP contribution in [0.4, 0.5) is 5.69 Å². The number of hydrogen-bond acceptors (Lipinski definition) is 4. The molecule has 2 heterocycles. The van der Waals surface area contributed by atoms with Gasteiger partial charge in [0.1, 0.15) is 5.15 Å². The van der Waals surface area contributed by atoms with Gasteiger partial charge in [0.05, 0.1) is 28.6 Å². The fourth-order valence-electron chi connectivity index (χ4n) is 3.74. The highest BCUT2D eigenvalue weighted by atomic mass is 35.5. The summed E-state index contributed by atoms with van der Waals surface area (Å²) in [5, 5.41) is 8.72. The minimum atomic E-state index is -0.0513. The van der Waals surface area contributed by atoms with Crippen molar-refractivity contribution in [2.24, 2.45) is 0 Å². The van der Waals surface area contributed by atoms with Crippen molar-refractivity contribution in [3.05, 3.63) is 76.0 Å². The summed E-state index contributed by atoms with van der Waals surface area (Å²) in [7, 11) is 0. The zero-order valence-electron chi connectivity index (χ0n) is 17.4. The fourth-order valence-corrected chi connectivity index (χ4v) is 4.25. The van der Waals surface area contributed by atoms with Gasteiger partial charge in [-0.05, 0) is 31.2 Å². The lowest BCUT2D eigenvalue weighted by atomic mass is 10.2. The zero-order chi connectivity index (χ0) is 21.8. The van der Waals surface area contributed by atoms with E-state index in [0.29, 0.717) is 22.4 Å². The first-order valence-electron chi connectivity index (χ1n) is 10.3. The molecule has 1 aromatic heterocycles. The number of carbonyl (C=O) groups excluding carboxylic acids is 1. The minimum absolute atomic E-state index is 0.0513. The molecule has 1 N–H and O–H groups in total. The number of nitrogens with one attached hydrogen (secondary N) is 1. The number of halogens is 2. The first-order valence-corrected chi connectivity index (χ1v) is 11.1. The van der Waals surface area contributed by atoms with Crippen LogP contribution in [0.1, 0.15) is 11.3 Å². The molecule has 31 heavy (non-hydrogen) atoms. The number of piperazine rings is 1. The third kappa shape index (κ3) is 5.28. The van der Waals surface area contributed by atoms with Gasteiger partial charge in [0.15, 0.2) is 0 Å². The van der Waals surface area contributed by atoms with E-state index < -0.39 is 0 Å². The summed E-state index contributed by atoms with van der Waals surface area (Å²) in [4.78, 5) is 16.9. The van der Waals surface area contributed by atoms with Crippen LogP contribution in [0.2, 0.25) is 10.2 Å². The summed E-state index contributed by atoms with van der Waals surface area (Å²) in [5.74, 6) is -0.0513. The van der Waals surface area contributed by atoms with E-state index >= 15 is 0 Å². The van der Waals surface area contributed by atoms with Crippen LogP contribution in [0.25, 0.3) is 5.69 Å². The average molecular weight is 458 g/mol. The van der Waals surface area contributed by atoms with Crippen LogP contribution < -0.4 is 5.32 Å². The van der Waals surface area contributed by atoms with Crippen LogP contribution in [0, 0.1) is 6.92 Å². The van der Waals surface area contributed by atoms with Crippen molar-refractivity contribution in [1.29, 1.82) is 0 Å². The first kappa shape index (κ1) is 21.8. The van der Waals surface area contributed by atoms with Crippen molar-refractivity contribution >= 4 is 34.8 Å². The molecule has 4 rings (SSSR count). The normalized spacial score (nSPS) is 15.2. The number of aryl methyl sites for hydroxylation is 1. The van der Waals surface area contributed by atoms with Crippen LogP contribution in [-0.2, 0) is 11.3 Å². The van der Waals surface area contributed by atoms with Crippen molar-refractivity contribution in [3.63, 3.8) is 0 Å². The quantitative estimate of drug-likeness (QED) is 0.601. The van der Waals surface area contributed by atoms with Crippen LogP contribution in [0.15, 0.2) is 54.6 Å². The predicted molar refractivity (Wildman–Crippen MR) is 125 cm³/mol. The van der Waals surface area contributed by atoms with Gasteiger partial charge in [-0.15, -0.1) is 0 Å². The molecule has 0 atom stereocenters. The molecule has 0 spiro atoms. The number of hydrogen-bond donors (Lipinski definition) is 1. The van der Waals surface area contributed by atoms with E-state index in [9.17, 15) is 4.79 Å². The molecule has 1 aliphatic rings. The van der Waals surface area contributed by atoms with Crippen molar-refractivity contribution < 1.29 is 4.79 Å². The van der Waals surface area contributed by atoms with E-state index in [0.717, 1.165) is 49.7 Å². The zero-order valence-corrected chi connectivity index (χ0v) is 18.9. The molecule has 0 bridgehead atoms. The Labute approximate surface area is 192 Å². The Hall–Kier alpha value is -2.38. The number of amides is 1. The summed E-state index contributed by atoms with van der Waals surface area (Å²) in [6.45, 7) is 6.47. The Bertz CT molecular complexity index is 1050. The van der Waals surface area contributed by atoms with E-state index in [1.165, 1.54) is 0 Å². The average Bonchev–Trinajstić information content (AvgIpc) is 3.05. The highest BCUT2D eigenvalue weighted by Gasteiger charge is 2.22. The maximum Gasteiger partial charge on any atom is 0.238 e. The molecule has 2 aromatic carbocycles. The molecule has 1 fully saturated rings. The highest BCUT2D eigenvalue weighted by Crippen LogP contribution is 2.25. The lowest BCUT2D eigenvalue weighted by Gasteiger charge is -2.34. The largest absolute Gasteiger partial charge is 0.324 e. The van der Waals surface area contributed by atoms with E-state index in [-0.39, 0.29) is 5.91 Å². The smallest absolute Gasteiger partial charge is 0.238 e. The van der Waals surface area contributed by atoms with Crippen LogP contribution in [0.5, 0.6) is 0 Å². The molecular weight excluding hydrogens is 433 g/mol. The van der Waals surface area contributed by atoms with Crippen molar-refractivity contribution in [1.82, 2.24) is 19.6 Å². The Balaban J connectivity index is 1.31. The second kappa shape index (κ2) is 9.83. The van der Waals surface area contributed by atoms with Crippen molar-refractivity contribution in [2.75, 3.05) is 38.0 Å². The van der Waals surface area contributed by atoms with E-state index in [2.05, 4.69) is 20.2 Å². The Kier molecular flexibility index (Phi) is 6.92. The van der Waals surface area contributed by atoms with Gasteiger partial charge in [-0.1, -0.05) is 53.5 Å². The van der Waals surface area contributed by atoms with Crippen LogP contribution in [0.3, 0.4) is 0 Å². The van der Waals surface area contributed by atoms with Gasteiger partial charge in [0, 0.05) is 38.3 Å². The van der Waals surface area contributed by atoms with Gasteiger partial charge < -0.3 is 5.32 Å². The summed E-state index contributed by atoms with van der Waals surface area (Å²) in [5.41, 5.74) is 3.59. The minimum Gasteiger partial charge on any atom is -0.324 e. The van der Waals surface area contributed by atoms with Gasteiger partial charge in [-0.2, -0.15) is 5.10 Å². The second-order valence-corrected chi connectivity index (χ2v) is 8.45. The molecule has 3 aromatic rings. The third-order valence-electron chi connectivity index (χ3n) is 5.48. The number of rotatable bonds is 6. The summed E-state index contributed by atoms with van der Waals surface area (Å²) in [6, 6.07) is 17.2. The number of anilines is 1. The third-order valence-corrected chi connectivity index (χ3v) is 6.20. The van der Waals surface area contributed by atoms with Gasteiger partial charge in [-0.3, -0.25) is 14.6 Å². The molecule has 1 aliphatic heterocycles. The number of para-hydroxylation sites is 2. The lowest BCUT2D eigenvalue weighted by Crippen LogP contribution is -2.48. The monoisotopic (exact) mass is 457 g/mol. The molecular formula is C23H25Cl2N5O. The molecule has 6 nitrogen and oxygen atoms in total. The number of benzene rings is 2. The fraction of sp³-hybridized carbons (Fsp3) is 0.304. The predicted octanol–water partition coefficient (Wildman–Crippen LogP) is 4.24. The number of carbonyl (C=O) groups is 1. The second-order valence-electron chi connectivity index (χ2n) is 7.68. The lowest BCUT2D eigenvalue weighted by molar-refractivity contribution is -0.117. The Morgan fingerprint density at radius 3 is 2.32 bits per heavy atom. The number of aromatic nitrogens is 2. The highest BCUT2D eigenvalue weighted by molar-refractivity contribution is 6.33. The molecule has 1 amide bonds. The molecule has 0 aliphatic carbocycles. The van der Waals surface area contributed by atoms with Gasteiger partial charge >= 0.3 is 0 Å². The molecule has 1 saturated heterocycles. The van der Waals surface area contributed by atoms with Crippen molar-refractivity contribution in [3.8, 4) is 5.69 Å². The van der Waals surface area contributed by atoms with E-state index in [1.807, 2.05) is 49.4 Å². The maximum atomic E-state index is 12.4. The molecule has 0 saturated carbocycles. The summed E-state index contributed by atoms with van der Waals surface area (Å²) >= 11 is 12.8. The summed E-state index contributed by atoms with van der Waals surface area (Å²) < 4.78 is 1.79. The molecule has 0 unspecified atom stereocenters. The van der Waals surface area contributed by atoms with Crippen LogP contribution in [-0.4, -0.2) is 58.2 Å². The van der Waals surface area contributed by atoms with Gasteiger partial charge in [0.25, 0.3) is 0 Å². The topological polar surface area (TPSA) is 53.4 Å². The Morgan fingerprint density at radius 2 is 1.61 bits per heavy atom. The first-order chi connectivity index (χ1) is 15.0. The maximum absolute atomic E-state index is 12.4. The molecule has 162 valence electrons. The van der Waals surface area contributed by atoms with E-state index in [4.69, 9.17) is 23.2 Å².